The van der Waals surface area contributed by atoms with Gasteiger partial charge < -0.3 is 11.1 Å². The minimum atomic E-state index is 0.399. The van der Waals surface area contributed by atoms with Gasteiger partial charge in [-0.1, -0.05) is 34.1 Å². The van der Waals surface area contributed by atoms with Gasteiger partial charge in [0.25, 0.3) is 0 Å². The first kappa shape index (κ1) is 13.3. The van der Waals surface area contributed by atoms with E-state index < -0.39 is 0 Å². The number of aliphatic imine (C=N–C) groups is 1. The van der Waals surface area contributed by atoms with E-state index in [4.69, 9.17) is 5.73 Å². The van der Waals surface area contributed by atoms with E-state index in [-0.39, 0.29) is 0 Å². The van der Waals surface area contributed by atoms with Gasteiger partial charge in [0.15, 0.2) is 5.96 Å². The maximum Gasteiger partial charge on any atom is 0.188 e. The molecule has 0 bridgehead atoms. The third-order valence-electron chi connectivity index (χ3n) is 2.50. The lowest BCUT2D eigenvalue weighted by Gasteiger charge is -2.20. The van der Waals surface area contributed by atoms with Crippen LogP contribution in [0.3, 0.4) is 0 Å². The highest BCUT2D eigenvalue weighted by Crippen LogP contribution is 2.05. The Morgan fingerprint density at radius 3 is 2.29 bits per heavy atom. The Hall–Kier alpha value is -0.730. The average Bonchev–Trinajstić information content (AvgIpc) is 2.13. The van der Waals surface area contributed by atoms with E-state index in [1.54, 1.807) is 0 Å². The summed E-state index contributed by atoms with van der Waals surface area (Å²) in [6.07, 6.45) is 1.16. The van der Waals surface area contributed by atoms with E-state index in [0.29, 0.717) is 23.8 Å². The molecule has 0 aromatic carbocycles. The Morgan fingerprint density at radius 2 is 1.86 bits per heavy atom. The van der Waals surface area contributed by atoms with Gasteiger partial charge in [-0.25, -0.2) is 0 Å². The summed E-state index contributed by atoms with van der Waals surface area (Å²) in [6, 6.07) is 0.399. The zero-order valence-corrected chi connectivity index (χ0v) is 10.2. The highest BCUT2D eigenvalue weighted by molar-refractivity contribution is 5.78. The highest BCUT2D eigenvalue weighted by atomic mass is 15.1. The van der Waals surface area contributed by atoms with Crippen LogP contribution in [0, 0.1) is 11.8 Å². The Labute approximate surface area is 88.2 Å². The van der Waals surface area contributed by atoms with E-state index in [2.05, 4.69) is 44.9 Å². The van der Waals surface area contributed by atoms with Gasteiger partial charge in [-0.05, 0) is 18.8 Å². The molecule has 0 aliphatic rings. The number of hydrogen-bond acceptors (Lipinski definition) is 1. The van der Waals surface area contributed by atoms with Crippen LogP contribution in [0.5, 0.6) is 0 Å². The smallest absolute Gasteiger partial charge is 0.188 e. The first-order valence-electron chi connectivity index (χ1n) is 5.53. The second kappa shape index (κ2) is 6.68. The molecule has 3 nitrogen and oxygen atoms in total. The molecule has 0 rings (SSSR count). The predicted octanol–water partition coefficient (Wildman–Crippen LogP) is 1.98. The number of nitrogens with one attached hydrogen (secondary N) is 1. The summed E-state index contributed by atoms with van der Waals surface area (Å²) in [7, 11) is 0. The summed E-state index contributed by atoms with van der Waals surface area (Å²) in [5.74, 6) is 1.77. The normalized spacial score (nSPS) is 16.9. The van der Waals surface area contributed by atoms with Crippen molar-refractivity contribution in [3.63, 3.8) is 0 Å². The summed E-state index contributed by atoms with van der Waals surface area (Å²) >= 11 is 0. The summed E-state index contributed by atoms with van der Waals surface area (Å²) in [5.41, 5.74) is 5.75. The van der Waals surface area contributed by atoms with Crippen LogP contribution in [-0.4, -0.2) is 18.5 Å². The van der Waals surface area contributed by atoms with Crippen LogP contribution in [0.15, 0.2) is 4.99 Å². The molecule has 3 heteroatoms. The van der Waals surface area contributed by atoms with E-state index in [1.807, 2.05) is 0 Å². The monoisotopic (exact) mass is 199 g/mol. The molecule has 0 saturated carbocycles. The van der Waals surface area contributed by atoms with Crippen LogP contribution in [0.1, 0.15) is 41.0 Å². The van der Waals surface area contributed by atoms with Crippen molar-refractivity contribution in [3.05, 3.63) is 0 Å². The van der Waals surface area contributed by atoms with E-state index in [0.717, 1.165) is 13.0 Å². The molecule has 0 radical (unpaired) electrons. The average molecular weight is 199 g/mol. The molecular weight excluding hydrogens is 174 g/mol. The maximum absolute atomic E-state index is 5.75. The predicted molar refractivity (Wildman–Crippen MR) is 63.4 cm³/mol. The maximum atomic E-state index is 5.75. The van der Waals surface area contributed by atoms with Gasteiger partial charge in [-0.2, -0.15) is 0 Å². The second-order valence-corrected chi connectivity index (χ2v) is 4.44. The van der Waals surface area contributed by atoms with Crippen molar-refractivity contribution < 1.29 is 0 Å². The molecule has 2 unspecified atom stereocenters. The number of guanidine groups is 1. The second-order valence-electron chi connectivity index (χ2n) is 4.44. The number of hydrogen-bond donors (Lipinski definition) is 2. The Bertz CT molecular complexity index is 175. The Morgan fingerprint density at radius 1 is 1.29 bits per heavy atom. The molecule has 0 heterocycles. The molecule has 0 aromatic rings. The lowest BCUT2D eigenvalue weighted by Crippen LogP contribution is -2.41. The van der Waals surface area contributed by atoms with Crippen molar-refractivity contribution in [3.8, 4) is 0 Å². The highest BCUT2D eigenvalue weighted by Gasteiger charge is 2.09. The SMILES string of the molecule is CCC(C)C(C)NC(N)=NCC(C)C. The van der Waals surface area contributed by atoms with Crippen LogP contribution in [-0.2, 0) is 0 Å². The zero-order valence-electron chi connectivity index (χ0n) is 10.2. The minimum absolute atomic E-state index is 0.399. The van der Waals surface area contributed by atoms with Crippen LogP contribution >= 0.6 is 0 Å². The van der Waals surface area contributed by atoms with Crippen LogP contribution in [0.25, 0.3) is 0 Å². The van der Waals surface area contributed by atoms with E-state index in [9.17, 15) is 0 Å². The molecule has 0 fully saturated rings. The van der Waals surface area contributed by atoms with Crippen molar-refractivity contribution in [1.29, 1.82) is 0 Å². The molecule has 0 spiro atoms. The van der Waals surface area contributed by atoms with Crippen molar-refractivity contribution in [2.45, 2.75) is 47.1 Å². The molecule has 0 saturated heterocycles. The van der Waals surface area contributed by atoms with Crippen molar-refractivity contribution >= 4 is 5.96 Å². The van der Waals surface area contributed by atoms with Crippen LogP contribution in [0.4, 0.5) is 0 Å². The molecule has 0 aromatic heterocycles. The summed E-state index contributed by atoms with van der Waals surface area (Å²) in [5, 5.41) is 3.21. The van der Waals surface area contributed by atoms with Crippen molar-refractivity contribution in [2.75, 3.05) is 6.54 Å². The Kier molecular flexibility index (Phi) is 6.34. The fourth-order valence-corrected chi connectivity index (χ4v) is 1.06. The van der Waals surface area contributed by atoms with Gasteiger partial charge in [-0.15, -0.1) is 0 Å². The number of rotatable bonds is 5. The standard InChI is InChI=1S/C11H25N3/c1-6-9(4)10(5)14-11(12)13-7-8(2)3/h8-10H,6-7H2,1-5H3,(H3,12,13,14). The number of nitrogens with two attached hydrogens (primary N) is 1. The number of nitrogens with zero attached hydrogens (tertiary/aromatic N) is 1. The first-order valence-corrected chi connectivity index (χ1v) is 5.53. The van der Waals surface area contributed by atoms with E-state index >= 15 is 0 Å². The van der Waals surface area contributed by atoms with Gasteiger partial charge in [0, 0.05) is 12.6 Å². The summed E-state index contributed by atoms with van der Waals surface area (Å²) in [4.78, 5) is 4.26. The third-order valence-corrected chi connectivity index (χ3v) is 2.50. The quantitative estimate of drug-likeness (QED) is 0.525. The molecule has 0 aliphatic carbocycles. The molecule has 3 N–H and O–H groups in total. The zero-order chi connectivity index (χ0) is 11.1. The molecule has 0 amide bonds. The largest absolute Gasteiger partial charge is 0.370 e. The summed E-state index contributed by atoms with van der Waals surface area (Å²) in [6.45, 7) is 11.6. The fourth-order valence-electron chi connectivity index (χ4n) is 1.06. The lowest BCUT2D eigenvalue weighted by atomic mass is 10.0. The molecule has 14 heavy (non-hydrogen) atoms. The van der Waals surface area contributed by atoms with Gasteiger partial charge >= 0.3 is 0 Å². The van der Waals surface area contributed by atoms with Crippen LogP contribution in [0.2, 0.25) is 0 Å². The van der Waals surface area contributed by atoms with Gasteiger partial charge in [0.2, 0.25) is 0 Å². The first-order chi connectivity index (χ1) is 6.47. The van der Waals surface area contributed by atoms with E-state index in [1.165, 1.54) is 0 Å². The Balaban J connectivity index is 3.92. The molecular formula is C11H25N3. The third kappa shape index (κ3) is 5.84. The minimum Gasteiger partial charge on any atom is -0.370 e. The molecule has 84 valence electrons. The van der Waals surface area contributed by atoms with Crippen molar-refractivity contribution in [1.82, 2.24) is 5.32 Å². The molecule has 2 atom stereocenters. The van der Waals surface area contributed by atoms with Gasteiger partial charge in [-0.3, -0.25) is 4.99 Å². The summed E-state index contributed by atoms with van der Waals surface area (Å²) < 4.78 is 0. The lowest BCUT2D eigenvalue weighted by molar-refractivity contribution is 0.435. The van der Waals surface area contributed by atoms with Gasteiger partial charge in [0.1, 0.15) is 0 Å². The fraction of sp³-hybridized carbons (Fsp3) is 0.909. The van der Waals surface area contributed by atoms with Crippen molar-refractivity contribution in [2.24, 2.45) is 22.6 Å². The van der Waals surface area contributed by atoms with Crippen LogP contribution < -0.4 is 11.1 Å². The molecule has 0 aliphatic heterocycles. The van der Waals surface area contributed by atoms with Gasteiger partial charge in [0.05, 0.1) is 0 Å². The topological polar surface area (TPSA) is 50.4 Å².